The Morgan fingerprint density at radius 3 is 2.43 bits per heavy atom. The number of carbonyl (C=O) groups is 2. The highest BCUT2D eigenvalue weighted by atomic mass is 32.1. The number of rotatable bonds is 4. The van der Waals surface area contributed by atoms with Crippen molar-refractivity contribution in [3.05, 3.63) is 29.3 Å². The van der Waals surface area contributed by atoms with Crippen LogP contribution in [0.25, 0.3) is 0 Å². The molecular formula is C14H16N2O4S. The molecule has 21 heavy (non-hydrogen) atoms. The van der Waals surface area contributed by atoms with Crippen LogP contribution < -0.4 is 10.6 Å². The zero-order chi connectivity index (χ0) is 15.4. The Morgan fingerprint density at radius 2 is 1.86 bits per heavy atom. The number of methoxy groups -OCH3 is 2. The summed E-state index contributed by atoms with van der Waals surface area (Å²) in [5, 5.41) is 6.44. The van der Waals surface area contributed by atoms with Gasteiger partial charge < -0.3 is 20.1 Å². The van der Waals surface area contributed by atoms with E-state index in [2.05, 4.69) is 15.4 Å². The zero-order valence-electron chi connectivity index (χ0n) is 11.8. The Morgan fingerprint density at radius 1 is 1.19 bits per heavy atom. The van der Waals surface area contributed by atoms with Gasteiger partial charge in [0.15, 0.2) is 5.11 Å². The molecule has 1 aliphatic carbocycles. The molecule has 0 radical (unpaired) electrons. The average molecular weight is 308 g/mol. The number of ether oxygens (including phenoxy) is 2. The monoisotopic (exact) mass is 308 g/mol. The van der Waals surface area contributed by atoms with E-state index in [4.69, 9.17) is 17.0 Å². The first-order valence-electron chi connectivity index (χ1n) is 6.43. The number of thiocarbonyl (C=S) groups is 1. The zero-order valence-corrected chi connectivity index (χ0v) is 12.6. The first kappa shape index (κ1) is 15.2. The molecular weight excluding hydrogens is 292 g/mol. The van der Waals surface area contributed by atoms with Crippen LogP contribution in [-0.2, 0) is 9.47 Å². The van der Waals surface area contributed by atoms with E-state index in [1.54, 1.807) is 0 Å². The lowest BCUT2D eigenvalue weighted by Crippen LogP contribution is -2.30. The molecule has 0 amide bonds. The molecule has 0 bridgehead atoms. The van der Waals surface area contributed by atoms with Crippen LogP contribution in [0, 0.1) is 0 Å². The maximum atomic E-state index is 11.8. The third kappa shape index (κ3) is 3.91. The predicted molar refractivity (Wildman–Crippen MR) is 81.5 cm³/mol. The Hall–Kier alpha value is -2.15. The second-order valence-electron chi connectivity index (χ2n) is 4.62. The van der Waals surface area contributed by atoms with Crippen LogP contribution in [0.5, 0.6) is 0 Å². The molecule has 7 heteroatoms. The summed E-state index contributed by atoms with van der Waals surface area (Å²) in [6, 6.07) is 4.90. The van der Waals surface area contributed by atoms with Gasteiger partial charge in [-0.25, -0.2) is 9.59 Å². The van der Waals surface area contributed by atoms with Crippen molar-refractivity contribution < 1.29 is 19.1 Å². The van der Waals surface area contributed by atoms with Gasteiger partial charge in [0, 0.05) is 6.04 Å². The molecule has 0 saturated heterocycles. The second kappa shape index (κ2) is 6.53. The maximum Gasteiger partial charge on any atom is 0.339 e. The third-order valence-corrected chi connectivity index (χ3v) is 3.23. The SMILES string of the molecule is COC(=O)c1ccc(C(=O)OC)c(NC(=S)NC2CC2)c1. The van der Waals surface area contributed by atoms with Crippen molar-refractivity contribution in [1.29, 1.82) is 0 Å². The standard InChI is InChI=1S/C14H16N2O4S/c1-19-12(17)8-3-6-10(13(18)20-2)11(7-8)16-14(21)15-9-4-5-9/h3,6-7,9H,4-5H2,1-2H3,(H2,15,16,21). The van der Waals surface area contributed by atoms with E-state index in [0.29, 0.717) is 28.0 Å². The minimum atomic E-state index is -0.511. The van der Waals surface area contributed by atoms with Gasteiger partial charge in [0.05, 0.1) is 31.0 Å². The summed E-state index contributed by atoms with van der Waals surface area (Å²) in [6.45, 7) is 0. The van der Waals surface area contributed by atoms with Crippen molar-refractivity contribution in [1.82, 2.24) is 5.32 Å². The molecule has 1 aromatic carbocycles. The van der Waals surface area contributed by atoms with Crippen molar-refractivity contribution >= 4 is 35.0 Å². The van der Waals surface area contributed by atoms with Gasteiger partial charge in [-0.15, -0.1) is 0 Å². The Kier molecular flexibility index (Phi) is 4.74. The van der Waals surface area contributed by atoms with Gasteiger partial charge in [0.1, 0.15) is 0 Å². The van der Waals surface area contributed by atoms with E-state index in [1.165, 1.54) is 32.4 Å². The van der Waals surface area contributed by atoms with Gasteiger partial charge in [0.2, 0.25) is 0 Å². The summed E-state index contributed by atoms with van der Waals surface area (Å²) in [6.07, 6.45) is 2.15. The van der Waals surface area contributed by atoms with Crippen LogP contribution in [0.1, 0.15) is 33.6 Å². The normalized spacial score (nSPS) is 13.2. The summed E-state index contributed by atoms with van der Waals surface area (Å²) in [5.74, 6) is -1.00. The minimum absolute atomic E-state index is 0.296. The highest BCUT2D eigenvalue weighted by Gasteiger charge is 2.23. The fraction of sp³-hybridized carbons (Fsp3) is 0.357. The smallest absolute Gasteiger partial charge is 0.339 e. The quantitative estimate of drug-likeness (QED) is 0.647. The summed E-state index contributed by atoms with van der Waals surface area (Å²) in [7, 11) is 2.59. The molecule has 0 aromatic heterocycles. The van der Waals surface area contributed by atoms with Gasteiger partial charge in [-0.3, -0.25) is 0 Å². The number of hydrogen-bond acceptors (Lipinski definition) is 5. The molecule has 6 nitrogen and oxygen atoms in total. The molecule has 112 valence electrons. The Balaban J connectivity index is 2.25. The average Bonchev–Trinajstić information content (AvgIpc) is 3.29. The molecule has 2 N–H and O–H groups in total. The van der Waals surface area contributed by atoms with Crippen LogP contribution in [0.4, 0.5) is 5.69 Å². The number of nitrogens with one attached hydrogen (secondary N) is 2. The summed E-state index contributed by atoms with van der Waals surface area (Å²) in [4.78, 5) is 23.3. The Labute approximate surface area is 127 Å². The second-order valence-corrected chi connectivity index (χ2v) is 5.02. The summed E-state index contributed by atoms with van der Waals surface area (Å²) in [5.41, 5.74) is 1.02. The number of esters is 2. The molecule has 0 unspecified atom stereocenters. The maximum absolute atomic E-state index is 11.8. The topological polar surface area (TPSA) is 76.7 Å². The lowest BCUT2D eigenvalue weighted by molar-refractivity contribution is 0.0587. The van der Waals surface area contributed by atoms with E-state index in [9.17, 15) is 9.59 Å². The van der Waals surface area contributed by atoms with Crippen molar-refractivity contribution in [3.8, 4) is 0 Å². The van der Waals surface area contributed by atoms with E-state index in [0.717, 1.165) is 12.8 Å². The van der Waals surface area contributed by atoms with Crippen molar-refractivity contribution in [2.24, 2.45) is 0 Å². The van der Waals surface area contributed by atoms with Crippen LogP contribution in [-0.4, -0.2) is 37.3 Å². The van der Waals surface area contributed by atoms with Crippen LogP contribution in [0.15, 0.2) is 18.2 Å². The molecule has 0 atom stereocenters. The highest BCUT2D eigenvalue weighted by Crippen LogP contribution is 2.22. The lowest BCUT2D eigenvalue weighted by atomic mass is 10.1. The van der Waals surface area contributed by atoms with Crippen LogP contribution >= 0.6 is 12.2 Å². The molecule has 0 spiro atoms. The van der Waals surface area contributed by atoms with E-state index in [-0.39, 0.29) is 0 Å². The molecule has 1 saturated carbocycles. The van der Waals surface area contributed by atoms with Gasteiger partial charge in [-0.1, -0.05) is 0 Å². The number of hydrogen-bond donors (Lipinski definition) is 2. The molecule has 1 aliphatic rings. The van der Waals surface area contributed by atoms with Crippen molar-refractivity contribution in [2.75, 3.05) is 19.5 Å². The van der Waals surface area contributed by atoms with Gasteiger partial charge >= 0.3 is 11.9 Å². The molecule has 0 aliphatic heterocycles. The highest BCUT2D eigenvalue weighted by molar-refractivity contribution is 7.80. The van der Waals surface area contributed by atoms with Crippen LogP contribution in [0.2, 0.25) is 0 Å². The van der Waals surface area contributed by atoms with Gasteiger partial charge in [0.25, 0.3) is 0 Å². The molecule has 1 aromatic rings. The van der Waals surface area contributed by atoms with Crippen molar-refractivity contribution in [3.63, 3.8) is 0 Å². The van der Waals surface area contributed by atoms with E-state index < -0.39 is 11.9 Å². The largest absolute Gasteiger partial charge is 0.465 e. The summed E-state index contributed by atoms with van der Waals surface area (Å²) >= 11 is 5.18. The molecule has 1 fully saturated rings. The Bertz CT molecular complexity index is 584. The summed E-state index contributed by atoms with van der Waals surface area (Å²) < 4.78 is 9.39. The third-order valence-electron chi connectivity index (χ3n) is 3.01. The number of anilines is 1. The fourth-order valence-corrected chi connectivity index (χ4v) is 2.03. The lowest BCUT2D eigenvalue weighted by Gasteiger charge is -2.13. The van der Waals surface area contributed by atoms with Gasteiger partial charge in [-0.05, 0) is 43.3 Å². The van der Waals surface area contributed by atoms with Crippen molar-refractivity contribution in [2.45, 2.75) is 18.9 Å². The first-order valence-corrected chi connectivity index (χ1v) is 6.84. The number of benzene rings is 1. The van der Waals surface area contributed by atoms with E-state index in [1.807, 2.05) is 0 Å². The number of carbonyl (C=O) groups excluding carboxylic acids is 2. The first-order chi connectivity index (χ1) is 10.0. The van der Waals surface area contributed by atoms with Crippen LogP contribution in [0.3, 0.4) is 0 Å². The predicted octanol–water partition coefficient (Wildman–Crippen LogP) is 1.71. The van der Waals surface area contributed by atoms with E-state index >= 15 is 0 Å². The minimum Gasteiger partial charge on any atom is -0.465 e. The molecule has 0 heterocycles. The fourth-order valence-electron chi connectivity index (χ4n) is 1.75. The molecule has 2 rings (SSSR count). The van der Waals surface area contributed by atoms with Gasteiger partial charge in [-0.2, -0.15) is 0 Å².